The van der Waals surface area contributed by atoms with E-state index in [9.17, 15) is 18.0 Å². The Morgan fingerprint density at radius 1 is 1.06 bits per heavy atom. The van der Waals surface area contributed by atoms with E-state index in [1.54, 1.807) is 40.3 Å². The van der Waals surface area contributed by atoms with E-state index in [0.717, 1.165) is 18.7 Å². The number of nitrogens with zero attached hydrogens (tertiary/aromatic N) is 5. The molecule has 2 saturated heterocycles. The van der Waals surface area contributed by atoms with Crippen molar-refractivity contribution in [2.45, 2.75) is 31.5 Å². The van der Waals surface area contributed by atoms with Crippen molar-refractivity contribution in [1.29, 1.82) is 0 Å². The van der Waals surface area contributed by atoms with Crippen LogP contribution in [0.2, 0.25) is 0 Å². The van der Waals surface area contributed by atoms with Gasteiger partial charge >= 0.3 is 12.2 Å². The topological polar surface area (TPSA) is 64.6 Å². The molecule has 0 spiro atoms. The Bertz CT molecular complexity index is 969. The van der Waals surface area contributed by atoms with Gasteiger partial charge in [-0.25, -0.2) is 14.8 Å². The third kappa shape index (κ3) is 3.75. The summed E-state index contributed by atoms with van der Waals surface area (Å²) in [5, 5.41) is 2.82. The summed E-state index contributed by atoms with van der Waals surface area (Å²) in [5.41, 5.74) is 0.832. The molecule has 2 amide bonds. The number of anilines is 4. The van der Waals surface area contributed by atoms with Gasteiger partial charge in [0.05, 0.1) is 17.6 Å². The number of halogens is 3. The highest BCUT2D eigenvalue weighted by Gasteiger charge is 2.43. The average Bonchev–Trinajstić information content (AvgIpc) is 3.18. The van der Waals surface area contributed by atoms with Crippen LogP contribution in [0, 0.1) is 5.92 Å². The first-order chi connectivity index (χ1) is 14.9. The van der Waals surface area contributed by atoms with Crippen LogP contribution < -0.4 is 20.0 Å². The molecule has 0 aliphatic carbocycles. The fourth-order valence-corrected chi connectivity index (χ4v) is 4.70. The van der Waals surface area contributed by atoms with Crippen LogP contribution in [0.25, 0.3) is 0 Å². The Morgan fingerprint density at radius 2 is 1.94 bits per heavy atom. The number of carbonyl (C=O) groups is 1. The van der Waals surface area contributed by atoms with Crippen molar-refractivity contribution in [2.75, 3.05) is 46.2 Å². The van der Waals surface area contributed by atoms with E-state index in [1.165, 1.54) is 0 Å². The molecule has 2 fully saturated rings. The molecule has 164 valence electrons. The third-order valence-corrected chi connectivity index (χ3v) is 6.26. The standard InChI is InChI=1S/C21H23F3N6O/c22-21(23,24)14-4-3-10-29(12-14)18-7-6-16-19(27-18)30(15-8-11-28(16)13-15)20(31)26-17-5-1-2-9-25-17/h1-2,5-7,9,14-15H,3-4,8,10-13H2,(H,25,26,31)/t14-,15-/m0/s1. The zero-order valence-electron chi connectivity index (χ0n) is 16.8. The van der Waals surface area contributed by atoms with Gasteiger partial charge in [-0.15, -0.1) is 0 Å². The lowest BCUT2D eigenvalue weighted by molar-refractivity contribution is -0.176. The van der Waals surface area contributed by atoms with E-state index in [4.69, 9.17) is 4.98 Å². The fraction of sp³-hybridized carbons (Fsp3) is 0.476. The Balaban J connectivity index is 1.45. The first-order valence-electron chi connectivity index (χ1n) is 10.5. The Kier molecular flexibility index (Phi) is 4.86. The van der Waals surface area contributed by atoms with Gasteiger partial charge in [-0.3, -0.25) is 10.2 Å². The summed E-state index contributed by atoms with van der Waals surface area (Å²) in [6.45, 7) is 1.93. The van der Waals surface area contributed by atoms with Gasteiger partial charge in [0.15, 0.2) is 5.82 Å². The SMILES string of the molecule is O=C(Nc1ccccn1)N1c2nc(N3CCC[C@H](C(F)(F)F)C3)ccc2N2CC[C@H]1C2. The molecule has 5 rings (SSSR count). The number of alkyl halides is 3. The monoisotopic (exact) mass is 432 g/mol. The van der Waals surface area contributed by atoms with Crippen molar-refractivity contribution < 1.29 is 18.0 Å². The number of carbonyl (C=O) groups excluding carboxylic acids is 1. The van der Waals surface area contributed by atoms with Crippen molar-refractivity contribution in [3.8, 4) is 0 Å². The van der Waals surface area contributed by atoms with Crippen LogP contribution in [-0.4, -0.2) is 54.4 Å². The second-order valence-electron chi connectivity index (χ2n) is 8.24. The normalized spacial score (nSPS) is 23.0. The third-order valence-electron chi connectivity index (χ3n) is 6.26. The number of pyridine rings is 2. The summed E-state index contributed by atoms with van der Waals surface area (Å²) in [5.74, 6) is 0.0527. The number of urea groups is 1. The van der Waals surface area contributed by atoms with Crippen LogP contribution in [0.15, 0.2) is 36.5 Å². The molecule has 0 aromatic carbocycles. The molecule has 2 aromatic heterocycles. The lowest BCUT2D eigenvalue weighted by Crippen LogP contribution is -2.48. The van der Waals surface area contributed by atoms with Crippen molar-refractivity contribution in [3.63, 3.8) is 0 Å². The average molecular weight is 432 g/mol. The zero-order chi connectivity index (χ0) is 21.6. The van der Waals surface area contributed by atoms with Crippen LogP contribution in [0.4, 0.5) is 41.1 Å². The van der Waals surface area contributed by atoms with E-state index < -0.39 is 12.1 Å². The summed E-state index contributed by atoms with van der Waals surface area (Å²) in [6.07, 6.45) is -1.21. The first-order valence-corrected chi connectivity index (χ1v) is 10.5. The van der Waals surface area contributed by atoms with Crippen LogP contribution >= 0.6 is 0 Å². The Labute approximate surface area is 177 Å². The van der Waals surface area contributed by atoms with Crippen LogP contribution in [0.3, 0.4) is 0 Å². The number of nitrogens with one attached hydrogen (secondary N) is 1. The number of amides is 2. The Morgan fingerprint density at radius 3 is 2.71 bits per heavy atom. The van der Waals surface area contributed by atoms with Gasteiger partial charge in [-0.1, -0.05) is 6.07 Å². The van der Waals surface area contributed by atoms with E-state index in [-0.39, 0.29) is 25.0 Å². The van der Waals surface area contributed by atoms with Crippen molar-refractivity contribution >= 4 is 29.2 Å². The van der Waals surface area contributed by atoms with E-state index >= 15 is 0 Å². The maximum atomic E-state index is 13.3. The van der Waals surface area contributed by atoms with Crippen molar-refractivity contribution in [3.05, 3.63) is 36.5 Å². The molecular weight excluding hydrogens is 409 g/mol. The molecule has 2 atom stereocenters. The number of hydrogen-bond donors (Lipinski definition) is 1. The summed E-state index contributed by atoms with van der Waals surface area (Å²) in [7, 11) is 0. The summed E-state index contributed by atoms with van der Waals surface area (Å²) in [6, 6.07) is 8.53. The van der Waals surface area contributed by atoms with Gasteiger partial charge in [0.1, 0.15) is 11.6 Å². The van der Waals surface area contributed by atoms with E-state index in [0.29, 0.717) is 37.0 Å². The smallest absolute Gasteiger partial charge is 0.366 e. The Hall–Kier alpha value is -3.04. The second kappa shape index (κ2) is 7.58. The van der Waals surface area contributed by atoms with Crippen molar-refractivity contribution in [2.24, 2.45) is 5.92 Å². The van der Waals surface area contributed by atoms with Crippen LogP contribution in [-0.2, 0) is 0 Å². The molecule has 0 unspecified atom stereocenters. The van der Waals surface area contributed by atoms with Gasteiger partial charge in [0.2, 0.25) is 0 Å². The minimum atomic E-state index is -4.22. The molecule has 0 radical (unpaired) electrons. The molecule has 1 N–H and O–H groups in total. The highest BCUT2D eigenvalue weighted by Crippen LogP contribution is 2.41. The number of piperidine rings is 1. The van der Waals surface area contributed by atoms with E-state index in [1.807, 2.05) is 6.07 Å². The largest absolute Gasteiger partial charge is 0.393 e. The lowest BCUT2D eigenvalue weighted by Gasteiger charge is -2.38. The fourth-order valence-electron chi connectivity index (χ4n) is 4.70. The van der Waals surface area contributed by atoms with Gasteiger partial charge < -0.3 is 9.80 Å². The van der Waals surface area contributed by atoms with Gasteiger partial charge in [-0.2, -0.15) is 13.2 Å². The van der Waals surface area contributed by atoms with Gasteiger partial charge in [0.25, 0.3) is 0 Å². The van der Waals surface area contributed by atoms with Crippen LogP contribution in [0.5, 0.6) is 0 Å². The minimum Gasteiger partial charge on any atom is -0.366 e. The number of hydrogen-bond acceptors (Lipinski definition) is 5. The zero-order valence-corrected chi connectivity index (χ0v) is 16.8. The quantitative estimate of drug-likeness (QED) is 0.780. The summed E-state index contributed by atoms with van der Waals surface area (Å²) in [4.78, 5) is 27.5. The van der Waals surface area contributed by atoms with Crippen molar-refractivity contribution in [1.82, 2.24) is 9.97 Å². The van der Waals surface area contributed by atoms with E-state index in [2.05, 4.69) is 15.2 Å². The molecule has 3 aliphatic heterocycles. The molecule has 2 aromatic rings. The predicted octanol–water partition coefficient (Wildman–Crippen LogP) is 3.89. The second-order valence-corrected chi connectivity index (χ2v) is 8.24. The number of fused-ring (bicyclic) bond motifs is 4. The minimum absolute atomic E-state index is 0.0387. The van der Waals surface area contributed by atoms with Gasteiger partial charge in [0, 0.05) is 32.4 Å². The summed E-state index contributed by atoms with van der Waals surface area (Å²) >= 11 is 0. The summed E-state index contributed by atoms with van der Waals surface area (Å²) < 4.78 is 39.8. The molecule has 3 aliphatic rings. The number of aromatic nitrogens is 2. The highest BCUT2D eigenvalue weighted by atomic mass is 19.4. The molecule has 31 heavy (non-hydrogen) atoms. The highest BCUT2D eigenvalue weighted by molar-refractivity contribution is 6.04. The predicted molar refractivity (Wildman–Crippen MR) is 112 cm³/mol. The molecule has 7 nitrogen and oxygen atoms in total. The molecule has 0 saturated carbocycles. The van der Waals surface area contributed by atoms with Crippen LogP contribution in [0.1, 0.15) is 19.3 Å². The lowest BCUT2D eigenvalue weighted by atomic mass is 9.97. The molecule has 5 heterocycles. The molecular formula is C21H23F3N6O. The number of rotatable bonds is 2. The first kappa shape index (κ1) is 19.9. The molecule has 2 bridgehead atoms. The molecule has 10 heteroatoms. The maximum absolute atomic E-state index is 13.3. The van der Waals surface area contributed by atoms with Gasteiger partial charge in [-0.05, 0) is 43.5 Å². The maximum Gasteiger partial charge on any atom is 0.393 e.